The molecule has 1 aromatic heterocycles. The summed E-state index contributed by atoms with van der Waals surface area (Å²) >= 11 is 6.18. The fourth-order valence-corrected chi connectivity index (χ4v) is 1.98. The number of benzene rings is 1. The predicted octanol–water partition coefficient (Wildman–Crippen LogP) is 2.94. The summed E-state index contributed by atoms with van der Waals surface area (Å²) in [7, 11) is 1.80. The Bertz CT molecular complexity index is 543. The van der Waals surface area contributed by atoms with Crippen molar-refractivity contribution in [3.05, 3.63) is 34.5 Å². The third-order valence-electron chi connectivity index (χ3n) is 2.70. The number of hydrogen-bond donors (Lipinski definition) is 1. The number of rotatable bonds is 1. The van der Waals surface area contributed by atoms with Crippen LogP contribution in [0.2, 0.25) is 5.15 Å². The molecule has 1 aromatic carbocycles. The molecule has 0 fully saturated rings. The fraction of sp³-hybridized carbons (Fsp3) is 0.250. The van der Waals surface area contributed by atoms with E-state index in [-0.39, 0.29) is 0 Å². The number of hydrogen-bond acceptors (Lipinski definition) is 2. The van der Waals surface area contributed by atoms with E-state index in [1.165, 1.54) is 5.56 Å². The van der Waals surface area contributed by atoms with Gasteiger partial charge in [0.2, 0.25) is 5.95 Å². The molecular weight excluding hydrogens is 222 g/mol. The van der Waals surface area contributed by atoms with Gasteiger partial charge >= 0.3 is 0 Å². The van der Waals surface area contributed by atoms with E-state index in [0.717, 1.165) is 16.8 Å². The van der Waals surface area contributed by atoms with Crippen LogP contribution in [0.5, 0.6) is 0 Å². The monoisotopic (exact) mass is 235 g/mol. The summed E-state index contributed by atoms with van der Waals surface area (Å²) < 4.78 is 1.68. The minimum absolute atomic E-state index is 0.431. The van der Waals surface area contributed by atoms with Gasteiger partial charge in [0.1, 0.15) is 10.8 Å². The summed E-state index contributed by atoms with van der Waals surface area (Å²) in [4.78, 5) is 4.28. The molecule has 0 unspecified atom stereocenters. The van der Waals surface area contributed by atoms with E-state index in [0.29, 0.717) is 11.1 Å². The number of aryl methyl sites for hydroxylation is 2. The van der Waals surface area contributed by atoms with Gasteiger partial charge in [-0.2, -0.15) is 0 Å². The van der Waals surface area contributed by atoms with Gasteiger partial charge in [0.25, 0.3) is 0 Å². The number of halogens is 1. The van der Waals surface area contributed by atoms with Gasteiger partial charge < -0.3 is 10.3 Å². The van der Waals surface area contributed by atoms with Crippen LogP contribution >= 0.6 is 11.6 Å². The molecule has 2 aromatic rings. The number of nitrogen functional groups attached to an aromatic ring is 1. The van der Waals surface area contributed by atoms with Gasteiger partial charge in [-0.05, 0) is 19.4 Å². The zero-order valence-electron chi connectivity index (χ0n) is 9.58. The van der Waals surface area contributed by atoms with Gasteiger partial charge in [-0.25, -0.2) is 4.98 Å². The minimum atomic E-state index is 0.431. The Kier molecular flexibility index (Phi) is 2.64. The Morgan fingerprint density at radius 3 is 2.50 bits per heavy atom. The second kappa shape index (κ2) is 3.83. The molecule has 2 N–H and O–H groups in total. The first-order valence-corrected chi connectivity index (χ1v) is 5.44. The van der Waals surface area contributed by atoms with E-state index in [9.17, 15) is 0 Å². The topological polar surface area (TPSA) is 43.8 Å². The molecule has 0 aliphatic heterocycles. The summed E-state index contributed by atoms with van der Waals surface area (Å²) in [6.07, 6.45) is 0. The second-order valence-corrected chi connectivity index (χ2v) is 4.34. The van der Waals surface area contributed by atoms with Crippen LogP contribution in [0.15, 0.2) is 18.2 Å². The van der Waals surface area contributed by atoms with E-state index in [2.05, 4.69) is 18.0 Å². The molecule has 0 amide bonds. The highest BCUT2D eigenvalue weighted by atomic mass is 35.5. The molecule has 4 heteroatoms. The van der Waals surface area contributed by atoms with Crippen LogP contribution in [0.1, 0.15) is 11.1 Å². The smallest absolute Gasteiger partial charge is 0.201 e. The number of nitrogens with two attached hydrogens (primary N) is 1. The Hall–Kier alpha value is -1.48. The Balaban J connectivity index is 2.63. The second-order valence-electron chi connectivity index (χ2n) is 3.99. The lowest BCUT2D eigenvalue weighted by molar-refractivity contribution is 0.931. The van der Waals surface area contributed by atoms with Crippen LogP contribution in [0.25, 0.3) is 11.3 Å². The van der Waals surface area contributed by atoms with Crippen LogP contribution in [0, 0.1) is 13.8 Å². The third kappa shape index (κ3) is 1.67. The molecule has 0 spiro atoms. The van der Waals surface area contributed by atoms with Gasteiger partial charge in [0.15, 0.2) is 0 Å². The Morgan fingerprint density at radius 1 is 1.31 bits per heavy atom. The van der Waals surface area contributed by atoms with Crippen molar-refractivity contribution in [3.63, 3.8) is 0 Å². The van der Waals surface area contributed by atoms with E-state index >= 15 is 0 Å². The average Bonchev–Trinajstić information content (AvgIpc) is 2.46. The van der Waals surface area contributed by atoms with Crippen molar-refractivity contribution in [1.29, 1.82) is 0 Å². The van der Waals surface area contributed by atoms with E-state index in [1.54, 1.807) is 11.6 Å². The molecule has 0 bridgehead atoms. The van der Waals surface area contributed by atoms with E-state index < -0.39 is 0 Å². The lowest BCUT2D eigenvalue weighted by Crippen LogP contribution is -1.96. The zero-order chi connectivity index (χ0) is 11.9. The first-order valence-electron chi connectivity index (χ1n) is 5.06. The molecule has 16 heavy (non-hydrogen) atoms. The van der Waals surface area contributed by atoms with Gasteiger partial charge in [-0.3, -0.25) is 0 Å². The highest BCUT2D eigenvalue weighted by molar-refractivity contribution is 6.32. The standard InChI is InChI=1S/C12H14ClN3/c1-7-4-5-9(8(2)6-7)10-11(13)16(3)12(14)15-10/h4-6H,1-3H3,(H2,14,15). The zero-order valence-corrected chi connectivity index (χ0v) is 10.3. The van der Waals surface area contributed by atoms with Gasteiger partial charge in [-0.15, -0.1) is 0 Å². The van der Waals surface area contributed by atoms with Gasteiger partial charge in [-0.1, -0.05) is 35.4 Å². The quantitative estimate of drug-likeness (QED) is 0.826. The number of imidazole rings is 1. The molecule has 3 nitrogen and oxygen atoms in total. The molecular formula is C12H14ClN3. The van der Waals surface area contributed by atoms with Crippen LogP contribution in [-0.2, 0) is 7.05 Å². The van der Waals surface area contributed by atoms with Crippen LogP contribution in [0.3, 0.4) is 0 Å². The largest absolute Gasteiger partial charge is 0.369 e. The third-order valence-corrected chi connectivity index (χ3v) is 3.13. The Labute approximate surface area is 99.9 Å². The van der Waals surface area contributed by atoms with E-state index in [1.807, 2.05) is 19.1 Å². The summed E-state index contributed by atoms with van der Waals surface area (Å²) in [5, 5.41) is 0.574. The average molecular weight is 236 g/mol. The highest BCUT2D eigenvalue weighted by Crippen LogP contribution is 2.31. The van der Waals surface area contributed by atoms with Gasteiger partial charge in [0, 0.05) is 12.6 Å². The Morgan fingerprint density at radius 2 is 2.00 bits per heavy atom. The minimum Gasteiger partial charge on any atom is -0.369 e. The molecule has 0 aliphatic rings. The van der Waals surface area contributed by atoms with Crippen LogP contribution < -0.4 is 5.73 Å². The van der Waals surface area contributed by atoms with Crippen molar-refractivity contribution in [2.24, 2.45) is 7.05 Å². The SMILES string of the molecule is Cc1ccc(-c2nc(N)n(C)c2Cl)c(C)c1. The lowest BCUT2D eigenvalue weighted by Gasteiger charge is -2.04. The summed E-state index contributed by atoms with van der Waals surface area (Å²) in [5.74, 6) is 0.431. The number of aromatic nitrogens is 2. The van der Waals surface area contributed by atoms with Crippen LogP contribution in [-0.4, -0.2) is 9.55 Å². The van der Waals surface area contributed by atoms with Crippen molar-refractivity contribution in [2.75, 3.05) is 5.73 Å². The van der Waals surface area contributed by atoms with E-state index in [4.69, 9.17) is 17.3 Å². The fourth-order valence-electron chi connectivity index (χ4n) is 1.75. The summed E-state index contributed by atoms with van der Waals surface area (Å²) in [6, 6.07) is 6.18. The molecule has 84 valence electrons. The highest BCUT2D eigenvalue weighted by Gasteiger charge is 2.14. The first kappa shape index (κ1) is 11.0. The van der Waals surface area contributed by atoms with Crippen LogP contribution in [0.4, 0.5) is 5.95 Å². The normalized spacial score (nSPS) is 10.8. The predicted molar refractivity (Wildman–Crippen MR) is 67.5 cm³/mol. The van der Waals surface area contributed by atoms with Gasteiger partial charge in [0.05, 0.1) is 0 Å². The van der Waals surface area contributed by atoms with Crippen molar-refractivity contribution in [3.8, 4) is 11.3 Å². The molecule has 0 saturated heterocycles. The maximum atomic E-state index is 6.18. The maximum absolute atomic E-state index is 6.18. The van der Waals surface area contributed by atoms with Crippen molar-refractivity contribution < 1.29 is 0 Å². The maximum Gasteiger partial charge on any atom is 0.201 e. The molecule has 0 radical (unpaired) electrons. The molecule has 2 rings (SSSR count). The summed E-state index contributed by atoms with van der Waals surface area (Å²) in [5.41, 5.74) is 9.88. The summed E-state index contributed by atoms with van der Waals surface area (Å²) in [6.45, 7) is 4.11. The number of anilines is 1. The number of nitrogens with zero attached hydrogens (tertiary/aromatic N) is 2. The first-order chi connectivity index (χ1) is 7.50. The molecule has 0 saturated carbocycles. The lowest BCUT2D eigenvalue weighted by atomic mass is 10.0. The van der Waals surface area contributed by atoms with Crippen molar-refractivity contribution in [2.45, 2.75) is 13.8 Å². The van der Waals surface area contributed by atoms with Crippen molar-refractivity contribution >= 4 is 17.5 Å². The molecule has 0 atom stereocenters. The van der Waals surface area contributed by atoms with Crippen molar-refractivity contribution in [1.82, 2.24) is 9.55 Å². The molecule has 0 aliphatic carbocycles. The molecule has 1 heterocycles.